The van der Waals surface area contributed by atoms with Crippen molar-refractivity contribution in [1.82, 2.24) is 14.2 Å². The molecule has 4 rings (SSSR count). The van der Waals surface area contributed by atoms with Crippen molar-refractivity contribution in [2.24, 2.45) is 5.92 Å². The predicted molar refractivity (Wildman–Crippen MR) is 123 cm³/mol. The Bertz CT molecular complexity index is 1090. The first-order valence-electron chi connectivity index (χ1n) is 11.9. The summed E-state index contributed by atoms with van der Waals surface area (Å²) in [6, 6.07) is 6.55. The number of amides is 1. The van der Waals surface area contributed by atoms with Gasteiger partial charge in [0.25, 0.3) is 10.0 Å². The zero-order chi connectivity index (χ0) is 24.1. The van der Waals surface area contributed by atoms with Gasteiger partial charge < -0.3 is 14.1 Å². The molecule has 2 aliphatic heterocycles. The number of furan rings is 1. The van der Waals surface area contributed by atoms with Crippen LogP contribution in [0.5, 0.6) is 0 Å². The average molecular weight is 490 g/mol. The Morgan fingerprint density at radius 1 is 1.03 bits per heavy atom. The summed E-state index contributed by atoms with van der Waals surface area (Å²) in [4.78, 5) is 31.4. The second-order valence-corrected chi connectivity index (χ2v) is 10.6. The first-order valence-corrected chi connectivity index (χ1v) is 13.3. The Hall–Kier alpha value is -2.72. The zero-order valence-electron chi connectivity index (χ0n) is 19.4. The molecule has 1 unspecified atom stereocenters. The number of ether oxygens (including phenoxy) is 1. The molecule has 2 aromatic rings. The minimum absolute atomic E-state index is 0.0316. The van der Waals surface area contributed by atoms with Crippen molar-refractivity contribution in [1.29, 1.82) is 0 Å². The fraction of sp³-hybridized carbons (Fsp3) is 0.542. The summed E-state index contributed by atoms with van der Waals surface area (Å²) in [5.41, 5.74) is 1.10. The number of piperidine rings is 1. The Kier molecular flexibility index (Phi) is 7.67. The fourth-order valence-corrected chi connectivity index (χ4v) is 6.16. The normalized spacial score (nSPS) is 20.6. The van der Waals surface area contributed by atoms with E-state index in [1.807, 2.05) is 17.0 Å². The number of nitrogens with zero attached hydrogens (tertiary/aromatic N) is 3. The molecule has 0 N–H and O–H groups in total. The molecule has 2 aliphatic rings. The summed E-state index contributed by atoms with van der Waals surface area (Å²) in [7, 11) is -3.90. The Balaban J connectivity index is 1.42. The van der Waals surface area contributed by atoms with Crippen molar-refractivity contribution in [2.75, 3.05) is 26.2 Å². The van der Waals surface area contributed by atoms with Gasteiger partial charge in [0, 0.05) is 37.9 Å². The summed E-state index contributed by atoms with van der Waals surface area (Å²) in [6.07, 6.45) is 8.48. The molecule has 0 aliphatic carbocycles. The van der Waals surface area contributed by atoms with Crippen molar-refractivity contribution in [3.8, 4) is 0 Å². The number of hydrogen-bond donors (Lipinski definition) is 0. The lowest BCUT2D eigenvalue weighted by atomic mass is 9.94. The van der Waals surface area contributed by atoms with Gasteiger partial charge in [-0.3, -0.25) is 9.78 Å². The third-order valence-corrected chi connectivity index (χ3v) is 8.35. The van der Waals surface area contributed by atoms with Gasteiger partial charge in [0.05, 0.1) is 12.6 Å². The van der Waals surface area contributed by atoms with Gasteiger partial charge in [-0.25, -0.2) is 13.2 Å². The third kappa shape index (κ3) is 5.17. The van der Waals surface area contributed by atoms with Crippen molar-refractivity contribution in [2.45, 2.75) is 56.6 Å². The number of carbonyl (C=O) groups is 2. The Labute approximate surface area is 200 Å². The lowest BCUT2D eigenvalue weighted by Gasteiger charge is -2.36. The standard InChI is InChI=1S/C24H31N3O6S/c1-2-32-24(29)21-7-8-22(33-21)34(30,31)26-16-11-19(12-17-26)23(28)27-15-5-3-4-6-20(27)18-9-13-25-14-10-18/h7-10,13-14,19-20H,2-6,11-12,15-17H2,1H3. The molecule has 4 heterocycles. The van der Waals surface area contributed by atoms with E-state index in [4.69, 9.17) is 9.15 Å². The number of aromatic nitrogens is 1. The molecule has 34 heavy (non-hydrogen) atoms. The molecule has 9 nitrogen and oxygen atoms in total. The molecule has 0 spiro atoms. The van der Waals surface area contributed by atoms with Crippen LogP contribution in [0.1, 0.15) is 67.6 Å². The fourth-order valence-electron chi connectivity index (χ4n) is 4.78. The van der Waals surface area contributed by atoms with E-state index in [-0.39, 0.29) is 48.4 Å². The van der Waals surface area contributed by atoms with Crippen LogP contribution < -0.4 is 0 Å². The number of esters is 1. The Morgan fingerprint density at radius 3 is 2.47 bits per heavy atom. The number of pyridine rings is 1. The number of rotatable bonds is 6. The highest BCUT2D eigenvalue weighted by Crippen LogP contribution is 2.33. The highest BCUT2D eigenvalue weighted by atomic mass is 32.2. The van der Waals surface area contributed by atoms with E-state index in [0.29, 0.717) is 19.4 Å². The molecule has 0 bridgehead atoms. The first-order chi connectivity index (χ1) is 16.4. The van der Waals surface area contributed by atoms with E-state index in [9.17, 15) is 18.0 Å². The van der Waals surface area contributed by atoms with E-state index >= 15 is 0 Å². The largest absolute Gasteiger partial charge is 0.460 e. The molecule has 10 heteroatoms. The van der Waals surface area contributed by atoms with Gasteiger partial charge in [-0.05, 0) is 62.4 Å². The molecule has 2 saturated heterocycles. The van der Waals surface area contributed by atoms with Crippen LogP contribution in [0.2, 0.25) is 0 Å². The van der Waals surface area contributed by atoms with Crippen LogP contribution in [0.3, 0.4) is 0 Å². The molecule has 0 saturated carbocycles. The molecular formula is C24H31N3O6S. The van der Waals surface area contributed by atoms with Crippen LogP contribution >= 0.6 is 0 Å². The van der Waals surface area contributed by atoms with Gasteiger partial charge >= 0.3 is 5.97 Å². The Morgan fingerprint density at radius 2 is 1.76 bits per heavy atom. The second-order valence-electron chi connectivity index (χ2n) is 8.69. The SMILES string of the molecule is CCOC(=O)c1ccc(S(=O)(=O)N2CCC(C(=O)N3CCCCCC3c3ccncc3)CC2)o1. The topological polar surface area (TPSA) is 110 Å². The van der Waals surface area contributed by atoms with Crippen LogP contribution in [0.4, 0.5) is 0 Å². The minimum Gasteiger partial charge on any atom is -0.460 e. The van der Waals surface area contributed by atoms with E-state index in [2.05, 4.69) is 4.98 Å². The highest BCUT2D eigenvalue weighted by Gasteiger charge is 2.37. The maximum absolute atomic E-state index is 13.5. The zero-order valence-corrected chi connectivity index (χ0v) is 20.2. The molecule has 184 valence electrons. The molecule has 2 aromatic heterocycles. The molecule has 1 amide bonds. The quantitative estimate of drug-likeness (QED) is 0.572. The van der Waals surface area contributed by atoms with E-state index in [1.54, 1.807) is 19.3 Å². The van der Waals surface area contributed by atoms with Crippen molar-refractivity contribution < 1.29 is 27.2 Å². The third-order valence-electron chi connectivity index (χ3n) is 6.58. The van der Waals surface area contributed by atoms with Gasteiger partial charge in [-0.2, -0.15) is 4.31 Å². The summed E-state index contributed by atoms with van der Waals surface area (Å²) in [6.45, 7) is 2.99. The van der Waals surface area contributed by atoms with Crippen LogP contribution in [-0.2, 0) is 19.6 Å². The number of likely N-dealkylation sites (tertiary alicyclic amines) is 1. The summed E-state index contributed by atoms with van der Waals surface area (Å²) in [5, 5.41) is -0.286. The maximum Gasteiger partial charge on any atom is 0.374 e. The molecule has 0 aromatic carbocycles. The van der Waals surface area contributed by atoms with E-state index in [0.717, 1.165) is 31.2 Å². The summed E-state index contributed by atoms with van der Waals surface area (Å²) < 4.78 is 37.5. The van der Waals surface area contributed by atoms with Gasteiger partial charge in [0.2, 0.25) is 16.8 Å². The van der Waals surface area contributed by atoms with Crippen molar-refractivity contribution in [3.63, 3.8) is 0 Å². The first kappa shape index (κ1) is 24.4. The molecule has 0 radical (unpaired) electrons. The predicted octanol–water partition coefficient (Wildman–Crippen LogP) is 3.40. The van der Waals surface area contributed by atoms with Crippen LogP contribution in [0.15, 0.2) is 46.2 Å². The lowest BCUT2D eigenvalue weighted by molar-refractivity contribution is -0.139. The van der Waals surface area contributed by atoms with Gasteiger partial charge in [0.1, 0.15) is 0 Å². The van der Waals surface area contributed by atoms with Crippen LogP contribution in [-0.4, -0.2) is 60.7 Å². The second kappa shape index (κ2) is 10.7. The summed E-state index contributed by atoms with van der Waals surface area (Å²) in [5.74, 6) is -0.966. The highest BCUT2D eigenvalue weighted by molar-refractivity contribution is 7.89. The monoisotopic (exact) mass is 489 g/mol. The van der Waals surface area contributed by atoms with Gasteiger partial charge in [-0.15, -0.1) is 0 Å². The lowest BCUT2D eigenvalue weighted by Crippen LogP contribution is -2.45. The van der Waals surface area contributed by atoms with Crippen molar-refractivity contribution in [3.05, 3.63) is 48.0 Å². The van der Waals surface area contributed by atoms with E-state index in [1.165, 1.54) is 16.4 Å². The van der Waals surface area contributed by atoms with E-state index < -0.39 is 16.0 Å². The molecule has 1 atom stereocenters. The maximum atomic E-state index is 13.5. The number of carbonyl (C=O) groups excluding carboxylic acids is 2. The van der Waals surface area contributed by atoms with Crippen molar-refractivity contribution >= 4 is 21.9 Å². The molecule has 2 fully saturated rings. The molecular weight excluding hydrogens is 458 g/mol. The summed E-state index contributed by atoms with van der Waals surface area (Å²) >= 11 is 0. The minimum atomic E-state index is -3.90. The van der Waals surface area contributed by atoms with Crippen LogP contribution in [0, 0.1) is 5.92 Å². The number of hydrogen-bond acceptors (Lipinski definition) is 7. The van der Waals surface area contributed by atoms with Crippen LogP contribution in [0.25, 0.3) is 0 Å². The average Bonchev–Trinajstić information content (AvgIpc) is 3.24. The van der Waals surface area contributed by atoms with Gasteiger partial charge in [0.15, 0.2) is 0 Å². The van der Waals surface area contributed by atoms with Gasteiger partial charge in [-0.1, -0.05) is 12.8 Å². The number of sulfonamides is 1. The smallest absolute Gasteiger partial charge is 0.374 e.